The van der Waals surface area contributed by atoms with E-state index in [1.165, 1.54) is 25.0 Å². The van der Waals surface area contributed by atoms with E-state index in [4.69, 9.17) is 12.2 Å². The van der Waals surface area contributed by atoms with Crippen molar-refractivity contribution >= 4 is 40.3 Å². The molecule has 4 rings (SSSR count). The maximum atomic E-state index is 13.2. The van der Waals surface area contributed by atoms with Gasteiger partial charge in [-0.1, -0.05) is 30.3 Å². The van der Waals surface area contributed by atoms with Crippen LogP contribution in [0.15, 0.2) is 78.9 Å². The molecule has 0 aromatic heterocycles. The molecule has 6 nitrogen and oxygen atoms in total. The molecule has 3 aromatic rings. The molecule has 0 radical (unpaired) electrons. The summed E-state index contributed by atoms with van der Waals surface area (Å²) >= 11 is 5.41. The van der Waals surface area contributed by atoms with Crippen molar-refractivity contribution in [1.29, 1.82) is 0 Å². The quantitative estimate of drug-likeness (QED) is 0.373. The van der Waals surface area contributed by atoms with E-state index in [2.05, 4.69) is 26.4 Å². The number of benzene rings is 3. The fourth-order valence-corrected chi connectivity index (χ4v) is 3.87. The maximum absolute atomic E-state index is 13.2. The van der Waals surface area contributed by atoms with Crippen LogP contribution < -0.4 is 21.4 Å². The lowest BCUT2D eigenvalue weighted by Gasteiger charge is -2.21. The molecule has 4 N–H and O–H groups in total. The van der Waals surface area contributed by atoms with Crippen molar-refractivity contribution in [1.82, 2.24) is 10.3 Å². The predicted octanol–water partition coefficient (Wildman–Crippen LogP) is 4.91. The maximum Gasteiger partial charge on any atom is 0.251 e. The molecular formula is C25H26FN5OS. The van der Waals surface area contributed by atoms with Gasteiger partial charge in [-0.25, -0.2) is 9.40 Å². The molecule has 1 saturated heterocycles. The summed E-state index contributed by atoms with van der Waals surface area (Å²) in [6.07, 6.45) is 2.40. The number of amides is 1. The fraction of sp³-hybridized carbons (Fsp3) is 0.200. The van der Waals surface area contributed by atoms with E-state index in [1.54, 1.807) is 12.1 Å². The smallest absolute Gasteiger partial charge is 0.251 e. The van der Waals surface area contributed by atoms with E-state index in [0.29, 0.717) is 11.4 Å². The van der Waals surface area contributed by atoms with E-state index in [-0.39, 0.29) is 16.8 Å². The molecule has 1 heterocycles. The second kappa shape index (κ2) is 10.9. The number of thiocarbonyl (C=S) groups is 1. The zero-order chi connectivity index (χ0) is 23.0. The number of anilines is 3. The zero-order valence-electron chi connectivity index (χ0n) is 18.1. The summed E-state index contributed by atoms with van der Waals surface area (Å²) in [5, 5.41) is 11.5. The monoisotopic (exact) mass is 463 g/mol. The van der Waals surface area contributed by atoms with Crippen LogP contribution in [0.4, 0.5) is 21.5 Å². The Morgan fingerprint density at radius 2 is 1.39 bits per heavy atom. The van der Waals surface area contributed by atoms with Crippen molar-refractivity contribution in [2.75, 3.05) is 29.1 Å². The average molecular weight is 464 g/mol. The highest BCUT2D eigenvalue weighted by Crippen LogP contribution is 2.20. The highest BCUT2D eigenvalue weighted by Gasteiger charge is 2.22. The highest BCUT2D eigenvalue weighted by molar-refractivity contribution is 7.80. The molecule has 0 aliphatic carbocycles. The Balaban J connectivity index is 1.42. The molecule has 1 aliphatic heterocycles. The molecule has 1 unspecified atom stereocenters. The summed E-state index contributed by atoms with van der Waals surface area (Å²) in [7, 11) is 0. The van der Waals surface area contributed by atoms with Gasteiger partial charge in [-0.3, -0.25) is 4.79 Å². The Morgan fingerprint density at radius 3 is 2.06 bits per heavy atom. The summed E-state index contributed by atoms with van der Waals surface area (Å²) in [5.74, 6) is -0.577. The second-order valence-electron chi connectivity index (χ2n) is 7.82. The van der Waals surface area contributed by atoms with E-state index >= 15 is 0 Å². The first-order valence-electron chi connectivity index (χ1n) is 10.9. The first-order valence-corrected chi connectivity index (χ1v) is 11.3. The number of nitrogens with one attached hydrogen (secondary N) is 4. The third kappa shape index (κ3) is 6.50. The van der Waals surface area contributed by atoms with Crippen LogP contribution in [-0.4, -0.2) is 29.1 Å². The van der Waals surface area contributed by atoms with Gasteiger partial charge in [0, 0.05) is 30.2 Å². The largest absolute Gasteiger partial charge is 0.347 e. The molecule has 170 valence electrons. The van der Waals surface area contributed by atoms with Gasteiger partial charge < -0.3 is 21.4 Å². The predicted molar refractivity (Wildman–Crippen MR) is 134 cm³/mol. The normalized spacial score (nSPS) is 14.3. The first kappa shape index (κ1) is 22.7. The summed E-state index contributed by atoms with van der Waals surface area (Å²) < 4.78 is 13.2. The Bertz CT molecular complexity index is 1070. The number of rotatable bonds is 7. The topological polar surface area (TPSA) is 68.4 Å². The number of halogens is 1. The first-order chi connectivity index (χ1) is 16.1. The Labute approximate surface area is 198 Å². The lowest BCUT2D eigenvalue weighted by molar-refractivity contribution is -0.117. The molecule has 1 atom stereocenters. The van der Waals surface area contributed by atoms with Crippen molar-refractivity contribution in [2.45, 2.75) is 18.9 Å². The summed E-state index contributed by atoms with van der Waals surface area (Å²) in [5.41, 5.74) is 6.45. The van der Waals surface area contributed by atoms with Gasteiger partial charge in [0.25, 0.3) is 5.91 Å². The van der Waals surface area contributed by atoms with Crippen LogP contribution in [0.5, 0.6) is 0 Å². The van der Waals surface area contributed by atoms with Crippen LogP contribution in [0.2, 0.25) is 0 Å². The minimum atomic E-state index is -0.714. The third-order valence-corrected chi connectivity index (χ3v) is 5.54. The minimum absolute atomic E-state index is 0.246. The summed E-state index contributed by atoms with van der Waals surface area (Å²) in [6.45, 7) is 2.07. The van der Waals surface area contributed by atoms with Crippen LogP contribution in [-0.2, 0) is 4.79 Å². The van der Waals surface area contributed by atoms with Crippen LogP contribution in [0.3, 0.4) is 0 Å². The van der Waals surface area contributed by atoms with Gasteiger partial charge in [0.2, 0.25) is 0 Å². The molecular weight excluding hydrogens is 437 g/mol. The van der Waals surface area contributed by atoms with Gasteiger partial charge in [0.05, 0.1) is 0 Å². The number of nitrogens with zero attached hydrogens (tertiary/aromatic N) is 1. The molecule has 1 amide bonds. The van der Waals surface area contributed by atoms with E-state index in [1.807, 2.05) is 54.6 Å². The third-order valence-electron chi connectivity index (χ3n) is 5.32. The molecule has 0 spiro atoms. The van der Waals surface area contributed by atoms with E-state index in [9.17, 15) is 9.18 Å². The molecule has 0 bridgehead atoms. The molecule has 33 heavy (non-hydrogen) atoms. The fourth-order valence-electron chi connectivity index (χ4n) is 3.63. The minimum Gasteiger partial charge on any atom is -0.347 e. The van der Waals surface area contributed by atoms with Gasteiger partial charge >= 0.3 is 0 Å². The van der Waals surface area contributed by atoms with Crippen LogP contribution >= 0.6 is 12.2 Å². The number of hydrogen-bond acceptors (Lipinski definition) is 4. The Morgan fingerprint density at radius 1 is 0.818 bits per heavy atom. The Hall–Kier alpha value is -3.49. The summed E-state index contributed by atoms with van der Waals surface area (Å²) in [6, 6.07) is 22.1. The van der Waals surface area contributed by atoms with E-state index < -0.39 is 6.04 Å². The standard InChI is InChI=1S/C25H26FN5OS/c26-19-8-10-21(11-9-19)28-25(33)29-23(18-6-2-1-3-7-18)24(32)27-20-12-14-22(15-13-20)30-31-16-4-5-17-31/h1-3,6-15,23,30H,4-5,16-17H2,(H,27,32)(H2,28,29,33). The second-order valence-corrected chi connectivity index (χ2v) is 8.23. The van der Waals surface area contributed by atoms with Gasteiger partial charge in [0.15, 0.2) is 5.11 Å². The molecule has 0 saturated carbocycles. The van der Waals surface area contributed by atoms with Crippen LogP contribution in [0.25, 0.3) is 0 Å². The van der Waals surface area contributed by atoms with Crippen molar-refractivity contribution in [2.24, 2.45) is 0 Å². The van der Waals surface area contributed by atoms with Crippen LogP contribution in [0, 0.1) is 5.82 Å². The highest BCUT2D eigenvalue weighted by atomic mass is 32.1. The number of hydrogen-bond donors (Lipinski definition) is 4. The van der Waals surface area contributed by atoms with Crippen molar-refractivity contribution < 1.29 is 9.18 Å². The number of carbonyl (C=O) groups excluding carboxylic acids is 1. The number of carbonyl (C=O) groups is 1. The van der Waals surface area contributed by atoms with Crippen molar-refractivity contribution in [3.63, 3.8) is 0 Å². The Kier molecular flexibility index (Phi) is 7.49. The van der Waals surface area contributed by atoms with Crippen molar-refractivity contribution in [3.05, 3.63) is 90.2 Å². The average Bonchev–Trinajstić information content (AvgIpc) is 3.34. The van der Waals surface area contributed by atoms with Crippen molar-refractivity contribution in [3.8, 4) is 0 Å². The number of hydrazine groups is 1. The van der Waals surface area contributed by atoms with Gasteiger partial charge in [-0.2, -0.15) is 0 Å². The van der Waals surface area contributed by atoms with Gasteiger partial charge in [-0.15, -0.1) is 0 Å². The molecule has 3 aromatic carbocycles. The molecule has 1 aliphatic rings. The molecule has 1 fully saturated rings. The lowest BCUT2D eigenvalue weighted by atomic mass is 10.1. The van der Waals surface area contributed by atoms with Gasteiger partial charge in [0.1, 0.15) is 11.9 Å². The van der Waals surface area contributed by atoms with Crippen LogP contribution in [0.1, 0.15) is 24.4 Å². The lowest BCUT2D eigenvalue weighted by Crippen LogP contribution is -2.39. The summed E-state index contributed by atoms with van der Waals surface area (Å²) in [4.78, 5) is 13.2. The van der Waals surface area contributed by atoms with E-state index in [0.717, 1.165) is 24.3 Å². The molecule has 8 heteroatoms. The van der Waals surface area contributed by atoms with Gasteiger partial charge in [-0.05, 0) is 79.2 Å². The zero-order valence-corrected chi connectivity index (χ0v) is 18.9. The SMILES string of the molecule is O=C(Nc1ccc(NN2CCCC2)cc1)C(NC(=S)Nc1ccc(F)cc1)c1ccccc1.